The maximum atomic E-state index is 10.8. The molecule has 0 radical (unpaired) electrons. The van der Waals surface area contributed by atoms with Crippen LogP contribution >= 0.6 is 22.6 Å². The Labute approximate surface area is 74.9 Å². The highest BCUT2D eigenvalue weighted by atomic mass is 127. The van der Waals surface area contributed by atoms with Gasteiger partial charge in [0.15, 0.2) is 0 Å². The van der Waals surface area contributed by atoms with Crippen LogP contribution in [0.4, 0.5) is 0 Å². The zero-order chi connectivity index (χ0) is 7.98. The summed E-state index contributed by atoms with van der Waals surface area (Å²) in [7, 11) is 0. The molecule has 0 saturated heterocycles. The first-order valence-corrected chi connectivity index (χ1v) is 4.24. The van der Waals surface area contributed by atoms with E-state index in [2.05, 4.69) is 39.7 Å². The Bertz CT molecular complexity index is 166. The van der Waals surface area contributed by atoms with Crippen LogP contribution in [0.3, 0.4) is 0 Å². The molecule has 1 N–H and O–H groups in total. The Balaban J connectivity index is 3.47. The monoisotopic (exact) mass is 251 g/mol. The molecule has 1 unspecified atom stereocenters. The van der Waals surface area contributed by atoms with Gasteiger partial charge in [0.05, 0.1) is 10.5 Å². The van der Waals surface area contributed by atoms with Crippen LogP contribution in [0.25, 0.3) is 0 Å². The second-order valence-electron chi connectivity index (χ2n) is 1.76. The van der Waals surface area contributed by atoms with Gasteiger partial charge < -0.3 is 5.32 Å². The first-order valence-electron chi connectivity index (χ1n) is 3.00. The number of carbonyl (C=O) groups is 1. The van der Waals surface area contributed by atoms with Gasteiger partial charge in [0.25, 0.3) is 0 Å². The molecule has 1 amide bonds. The predicted octanol–water partition coefficient (Wildman–Crippen LogP) is 0.949. The molecule has 0 aliphatic carbocycles. The highest BCUT2D eigenvalue weighted by molar-refractivity contribution is 14.1. The van der Waals surface area contributed by atoms with Crippen LogP contribution in [0.2, 0.25) is 0 Å². The molecule has 0 spiro atoms. The van der Waals surface area contributed by atoms with Crippen LogP contribution in [-0.4, -0.2) is 16.4 Å². The number of carbonyl (C=O) groups excluding carboxylic acids is 1. The van der Waals surface area contributed by atoms with Crippen molar-refractivity contribution in [2.75, 3.05) is 6.54 Å². The van der Waals surface area contributed by atoms with Crippen molar-refractivity contribution in [3.05, 3.63) is 0 Å². The van der Waals surface area contributed by atoms with Crippen molar-refractivity contribution in [3.8, 4) is 11.8 Å². The fraction of sp³-hybridized carbons (Fsp3) is 0.571. The van der Waals surface area contributed by atoms with Crippen molar-refractivity contribution in [2.45, 2.75) is 17.8 Å². The number of rotatable bonds is 2. The molecule has 0 aliphatic rings. The average molecular weight is 251 g/mol. The number of nitrogens with one attached hydrogen (secondary N) is 1. The van der Waals surface area contributed by atoms with Crippen molar-refractivity contribution in [1.29, 1.82) is 0 Å². The van der Waals surface area contributed by atoms with Crippen LogP contribution in [0.5, 0.6) is 0 Å². The van der Waals surface area contributed by atoms with Crippen LogP contribution in [0, 0.1) is 11.8 Å². The summed E-state index contributed by atoms with van der Waals surface area (Å²) in [4.78, 5) is 10.8. The van der Waals surface area contributed by atoms with Gasteiger partial charge in [0.1, 0.15) is 0 Å². The van der Waals surface area contributed by atoms with Crippen LogP contribution < -0.4 is 5.32 Å². The van der Waals surface area contributed by atoms with E-state index in [-0.39, 0.29) is 9.83 Å². The molecule has 2 nitrogen and oxygen atoms in total. The van der Waals surface area contributed by atoms with Crippen LogP contribution in [0.1, 0.15) is 13.8 Å². The Morgan fingerprint density at radius 2 is 2.40 bits per heavy atom. The lowest BCUT2D eigenvalue weighted by atomic mass is 10.4. The lowest BCUT2D eigenvalue weighted by Crippen LogP contribution is -2.29. The quantitative estimate of drug-likeness (QED) is 0.442. The minimum absolute atomic E-state index is 0.0243. The Hall–Kier alpha value is -0.240. The van der Waals surface area contributed by atoms with Gasteiger partial charge in [-0.25, -0.2) is 0 Å². The smallest absolute Gasteiger partial charge is 0.233 e. The molecule has 0 rings (SSSR count). The highest BCUT2D eigenvalue weighted by Crippen LogP contribution is 1.96. The van der Waals surface area contributed by atoms with Crippen LogP contribution in [0.15, 0.2) is 0 Å². The van der Waals surface area contributed by atoms with E-state index in [1.165, 1.54) is 0 Å². The zero-order valence-electron chi connectivity index (χ0n) is 6.07. The summed E-state index contributed by atoms with van der Waals surface area (Å²) in [5.41, 5.74) is 0. The second kappa shape index (κ2) is 5.54. The molecule has 56 valence electrons. The molecule has 10 heavy (non-hydrogen) atoms. The molecule has 0 fully saturated rings. The average Bonchev–Trinajstić information content (AvgIpc) is 1.88. The summed E-state index contributed by atoms with van der Waals surface area (Å²) in [5, 5.41) is 2.66. The molecule has 0 aromatic carbocycles. The van der Waals surface area contributed by atoms with Gasteiger partial charge in [-0.2, -0.15) is 0 Å². The standard InChI is InChI=1S/C7H10INO/c1-3-4-5-9-7(10)6(2)8/h6H,5H2,1-2H3,(H,9,10). The van der Waals surface area contributed by atoms with Gasteiger partial charge in [-0.3, -0.25) is 4.79 Å². The van der Waals surface area contributed by atoms with Gasteiger partial charge in [-0.05, 0) is 13.8 Å². The van der Waals surface area contributed by atoms with Crippen LogP contribution in [-0.2, 0) is 4.79 Å². The molecule has 0 aliphatic heterocycles. The first-order chi connectivity index (χ1) is 4.68. The normalized spacial score (nSPS) is 11.1. The third-order valence-electron chi connectivity index (χ3n) is 0.889. The third kappa shape index (κ3) is 4.62. The van der Waals surface area contributed by atoms with Gasteiger partial charge in [-0.15, -0.1) is 5.92 Å². The van der Waals surface area contributed by atoms with Crippen molar-refractivity contribution >= 4 is 28.5 Å². The number of amides is 1. The lowest BCUT2D eigenvalue weighted by Gasteiger charge is -2.00. The Morgan fingerprint density at radius 1 is 1.80 bits per heavy atom. The zero-order valence-corrected chi connectivity index (χ0v) is 8.23. The van der Waals surface area contributed by atoms with E-state index in [1.807, 2.05) is 6.92 Å². The van der Waals surface area contributed by atoms with E-state index < -0.39 is 0 Å². The predicted molar refractivity (Wildman–Crippen MR) is 49.9 cm³/mol. The Kier molecular flexibility index (Phi) is 5.40. The first kappa shape index (κ1) is 9.76. The SMILES string of the molecule is CC#CCNC(=O)C(C)I. The fourth-order valence-electron chi connectivity index (χ4n) is 0.360. The second-order valence-corrected chi connectivity index (χ2v) is 3.63. The van der Waals surface area contributed by atoms with Crippen molar-refractivity contribution in [1.82, 2.24) is 5.32 Å². The summed E-state index contributed by atoms with van der Waals surface area (Å²) < 4.78 is 0.0243. The molecule has 0 saturated carbocycles. The third-order valence-corrected chi connectivity index (χ3v) is 1.45. The molecular formula is C7H10INO. The van der Waals surface area contributed by atoms with Crippen molar-refractivity contribution < 1.29 is 4.79 Å². The molecule has 3 heteroatoms. The van der Waals surface area contributed by atoms with E-state index in [9.17, 15) is 4.79 Å². The molecule has 0 heterocycles. The molecule has 1 atom stereocenters. The molecule has 0 aromatic heterocycles. The van der Waals surface area contributed by atoms with Crippen molar-refractivity contribution in [2.24, 2.45) is 0 Å². The summed E-state index contributed by atoms with van der Waals surface area (Å²) in [6, 6.07) is 0. The van der Waals surface area contributed by atoms with Gasteiger partial charge in [0, 0.05) is 0 Å². The molecular weight excluding hydrogens is 241 g/mol. The summed E-state index contributed by atoms with van der Waals surface area (Å²) >= 11 is 2.06. The van der Waals surface area contributed by atoms with E-state index in [4.69, 9.17) is 0 Å². The Morgan fingerprint density at radius 3 is 2.80 bits per heavy atom. The number of hydrogen-bond acceptors (Lipinski definition) is 1. The van der Waals surface area contributed by atoms with Gasteiger partial charge in [-0.1, -0.05) is 28.5 Å². The largest absolute Gasteiger partial charge is 0.344 e. The number of alkyl halides is 1. The summed E-state index contributed by atoms with van der Waals surface area (Å²) in [5.74, 6) is 5.49. The maximum Gasteiger partial charge on any atom is 0.233 e. The maximum absolute atomic E-state index is 10.8. The van der Waals surface area contributed by atoms with Gasteiger partial charge in [0.2, 0.25) is 5.91 Å². The molecule has 0 aromatic rings. The minimum Gasteiger partial charge on any atom is -0.344 e. The number of hydrogen-bond donors (Lipinski definition) is 1. The lowest BCUT2D eigenvalue weighted by molar-refractivity contribution is -0.119. The topological polar surface area (TPSA) is 29.1 Å². The molecule has 0 bridgehead atoms. The van der Waals surface area contributed by atoms with Gasteiger partial charge >= 0.3 is 0 Å². The van der Waals surface area contributed by atoms with Crippen molar-refractivity contribution in [3.63, 3.8) is 0 Å². The minimum atomic E-state index is 0.0243. The van der Waals surface area contributed by atoms with E-state index in [1.54, 1.807) is 6.92 Å². The van der Waals surface area contributed by atoms with E-state index >= 15 is 0 Å². The highest BCUT2D eigenvalue weighted by Gasteiger charge is 2.04. The fourth-order valence-corrected chi connectivity index (χ4v) is 0.581. The van der Waals surface area contributed by atoms with E-state index in [0.717, 1.165) is 0 Å². The summed E-state index contributed by atoms with van der Waals surface area (Å²) in [6.07, 6.45) is 0. The number of halogens is 1. The van der Waals surface area contributed by atoms with E-state index in [0.29, 0.717) is 6.54 Å². The summed E-state index contributed by atoms with van der Waals surface area (Å²) in [6.45, 7) is 4.05.